The molecule has 0 bridgehead atoms. The van der Waals surface area contributed by atoms with E-state index in [1.807, 2.05) is 35.2 Å². The summed E-state index contributed by atoms with van der Waals surface area (Å²) in [4.78, 5) is 28.2. The first-order chi connectivity index (χ1) is 16.1. The molecule has 0 aliphatic carbocycles. The van der Waals surface area contributed by atoms with Crippen LogP contribution in [0.1, 0.15) is 0 Å². The van der Waals surface area contributed by atoms with Crippen LogP contribution in [0.2, 0.25) is 5.02 Å². The molecule has 4 rings (SSSR count). The summed E-state index contributed by atoms with van der Waals surface area (Å²) < 4.78 is 10.6. The molecule has 33 heavy (non-hydrogen) atoms. The summed E-state index contributed by atoms with van der Waals surface area (Å²) in [5.41, 5.74) is 1.45. The Labute approximate surface area is 200 Å². The zero-order valence-electron chi connectivity index (χ0n) is 18.0. The Hall–Kier alpha value is -3.08. The number of anilines is 4. The van der Waals surface area contributed by atoms with Gasteiger partial charge in [-0.3, -0.25) is 4.79 Å². The Bertz CT molecular complexity index is 1100. The van der Waals surface area contributed by atoms with Crippen LogP contribution >= 0.6 is 23.4 Å². The number of para-hydroxylation sites is 1. The maximum atomic E-state index is 12.5. The van der Waals surface area contributed by atoms with Crippen LogP contribution in [0.4, 0.5) is 23.3 Å². The summed E-state index contributed by atoms with van der Waals surface area (Å²) in [6.45, 7) is 2.61. The average molecular weight is 487 g/mol. The molecule has 0 atom stereocenters. The van der Waals surface area contributed by atoms with Crippen molar-refractivity contribution in [1.29, 1.82) is 0 Å². The van der Waals surface area contributed by atoms with Crippen molar-refractivity contribution in [2.75, 3.05) is 54.7 Å². The molecule has 2 aromatic carbocycles. The molecule has 3 aromatic rings. The highest BCUT2D eigenvalue weighted by Crippen LogP contribution is 2.27. The SMILES string of the molecule is COc1ccc(NC(=O)CSc2nc(Nc3ccccc3)nc(N3CCOCC3)n2)cc1Cl. The number of carbonyl (C=O) groups excluding carboxylic acids is 1. The van der Waals surface area contributed by atoms with Gasteiger partial charge in [0.05, 0.1) is 31.1 Å². The summed E-state index contributed by atoms with van der Waals surface area (Å²) in [5.74, 6) is 1.44. The van der Waals surface area contributed by atoms with E-state index in [0.717, 1.165) is 5.69 Å². The number of nitrogens with one attached hydrogen (secondary N) is 2. The van der Waals surface area contributed by atoms with Gasteiger partial charge in [0.25, 0.3) is 0 Å². The van der Waals surface area contributed by atoms with Crippen LogP contribution in [0.25, 0.3) is 0 Å². The van der Waals surface area contributed by atoms with Gasteiger partial charge in [-0.25, -0.2) is 0 Å². The van der Waals surface area contributed by atoms with Crippen molar-refractivity contribution in [3.63, 3.8) is 0 Å². The molecule has 0 unspecified atom stereocenters. The van der Waals surface area contributed by atoms with E-state index in [2.05, 4.69) is 25.6 Å². The van der Waals surface area contributed by atoms with Crippen molar-refractivity contribution in [2.24, 2.45) is 0 Å². The topological polar surface area (TPSA) is 102 Å². The van der Waals surface area contributed by atoms with Crippen LogP contribution in [-0.2, 0) is 9.53 Å². The molecule has 1 aromatic heterocycles. The minimum Gasteiger partial charge on any atom is -0.495 e. The van der Waals surface area contributed by atoms with Gasteiger partial charge in [0.2, 0.25) is 17.8 Å². The molecule has 2 N–H and O–H groups in total. The van der Waals surface area contributed by atoms with Gasteiger partial charge in [-0.2, -0.15) is 15.0 Å². The highest BCUT2D eigenvalue weighted by atomic mass is 35.5. The molecular formula is C22H23ClN6O3S. The van der Waals surface area contributed by atoms with Gasteiger partial charge in [-0.05, 0) is 30.3 Å². The lowest BCUT2D eigenvalue weighted by Gasteiger charge is -2.27. The number of benzene rings is 2. The number of methoxy groups -OCH3 is 1. The van der Waals surface area contributed by atoms with Crippen LogP contribution in [0.3, 0.4) is 0 Å². The smallest absolute Gasteiger partial charge is 0.234 e. The zero-order valence-corrected chi connectivity index (χ0v) is 19.5. The monoisotopic (exact) mass is 486 g/mol. The lowest BCUT2D eigenvalue weighted by Crippen LogP contribution is -2.37. The van der Waals surface area contributed by atoms with Gasteiger partial charge in [0.1, 0.15) is 5.75 Å². The predicted molar refractivity (Wildman–Crippen MR) is 130 cm³/mol. The molecule has 172 valence electrons. The number of aromatic nitrogens is 3. The van der Waals surface area contributed by atoms with Crippen molar-refractivity contribution < 1.29 is 14.3 Å². The molecule has 2 heterocycles. The summed E-state index contributed by atoms with van der Waals surface area (Å²) in [6, 6.07) is 14.7. The Kier molecular flexibility index (Phi) is 7.82. The van der Waals surface area contributed by atoms with Crippen LogP contribution in [0.15, 0.2) is 53.7 Å². The molecule has 1 saturated heterocycles. The number of ether oxygens (including phenoxy) is 2. The van der Waals surface area contributed by atoms with Crippen molar-refractivity contribution in [2.45, 2.75) is 5.16 Å². The van der Waals surface area contributed by atoms with E-state index in [1.54, 1.807) is 18.2 Å². The number of halogens is 1. The van der Waals surface area contributed by atoms with E-state index >= 15 is 0 Å². The summed E-state index contributed by atoms with van der Waals surface area (Å²) in [6.07, 6.45) is 0. The molecular weight excluding hydrogens is 464 g/mol. The predicted octanol–water partition coefficient (Wildman–Crippen LogP) is 3.84. The second-order valence-electron chi connectivity index (χ2n) is 7.02. The first kappa shape index (κ1) is 23.1. The fourth-order valence-corrected chi connectivity index (χ4v) is 3.98. The normalized spacial score (nSPS) is 13.5. The van der Waals surface area contributed by atoms with Crippen molar-refractivity contribution >= 4 is 52.5 Å². The van der Waals surface area contributed by atoms with Crippen LogP contribution in [0.5, 0.6) is 5.75 Å². The number of carbonyl (C=O) groups is 1. The third-order valence-corrected chi connectivity index (χ3v) is 5.84. The van der Waals surface area contributed by atoms with Crippen LogP contribution < -0.4 is 20.3 Å². The van der Waals surface area contributed by atoms with Crippen LogP contribution in [0, 0.1) is 0 Å². The van der Waals surface area contributed by atoms with Gasteiger partial charge in [0, 0.05) is 24.5 Å². The molecule has 1 aliphatic heterocycles. The molecule has 9 nitrogen and oxygen atoms in total. The number of thioether (sulfide) groups is 1. The maximum absolute atomic E-state index is 12.5. The Morgan fingerprint density at radius 3 is 2.64 bits per heavy atom. The summed E-state index contributed by atoms with van der Waals surface area (Å²) in [7, 11) is 1.54. The fourth-order valence-electron chi connectivity index (χ4n) is 3.09. The largest absolute Gasteiger partial charge is 0.495 e. The lowest BCUT2D eigenvalue weighted by atomic mass is 10.3. The Balaban J connectivity index is 1.46. The summed E-state index contributed by atoms with van der Waals surface area (Å²) >= 11 is 7.36. The van der Waals surface area contributed by atoms with E-state index in [9.17, 15) is 4.79 Å². The average Bonchev–Trinajstić information content (AvgIpc) is 2.84. The molecule has 0 spiro atoms. The number of morpholine rings is 1. The molecule has 1 amide bonds. The minimum absolute atomic E-state index is 0.126. The second-order valence-corrected chi connectivity index (χ2v) is 8.37. The number of hydrogen-bond acceptors (Lipinski definition) is 9. The fraction of sp³-hybridized carbons (Fsp3) is 0.273. The van der Waals surface area contributed by atoms with E-state index < -0.39 is 0 Å². The van der Waals surface area contributed by atoms with Gasteiger partial charge in [0.15, 0.2) is 5.16 Å². The van der Waals surface area contributed by atoms with Crippen LogP contribution in [-0.4, -0.2) is 60.0 Å². The number of amides is 1. The van der Waals surface area contributed by atoms with Crippen molar-refractivity contribution in [3.8, 4) is 5.75 Å². The molecule has 1 aliphatic rings. The van der Waals surface area contributed by atoms with Gasteiger partial charge in [-0.1, -0.05) is 41.6 Å². The first-order valence-corrected chi connectivity index (χ1v) is 11.6. The lowest BCUT2D eigenvalue weighted by molar-refractivity contribution is -0.113. The zero-order chi connectivity index (χ0) is 23.0. The van der Waals surface area contributed by atoms with Crippen molar-refractivity contribution in [1.82, 2.24) is 15.0 Å². The van der Waals surface area contributed by atoms with Gasteiger partial charge < -0.3 is 25.0 Å². The molecule has 1 fully saturated rings. The quantitative estimate of drug-likeness (QED) is 0.459. The molecule has 0 radical (unpaired) electrons. The number of rotatable bonds is 8. The van der Waals surface area contributed by atoms with E-state index in [-0.39, 0.29) is 11.7 Å². The van der Waals surface area contributed by atoms with Crippen molar-refractivity contribution in [3.05, 3.63) is 53.6 Å². The molecule has 0 saturated carbocycles. The van der Waals surface area contributed by atoms with Gasteiger partial charge >= 0.3 is 0 Å². The third kappa shape index (κ3) is 6.47. The number of hydrogen-bond donors (Lipinski definition) is 2. The van der Waals surface area contributed by atoms with E-state index in [1.165, 1.54) is 18.9 Å². The van der Waals surface area contributed by atoms with E-state index in [0.29, 0.717) is 59.8 Å². The van der Waals surface area contributed by atoms with E-state index in [4.69, 9.17) is 21.1 Å². The number of nitrogens with zero attached hydrogens (tertiary/aromatic N) is 4. The highest BCUT2D eigenvalue weighted by Gasteiger charge is 2.18. The Morgan fingerprint density at radius 1 is 1.12 bits per heavy atom. The second kappa shape index (κ2) is 11.2. The highest BCUT2D eigenvalue weighted by molar-refractivity contribution is 7.99. The summed E-state index contributed by atoms with van der Waals surface area (Å²) in [5, 5.41) is 6.91. The maximum Gasteiger partial charge on any atom is 0.234 e. The molecule has 11 heteroatoms. The standard InChI is InChI=1S/C22H23ClN6O3S/c1-31-18-8-7-16(13-17(18)23)24-19(30)14-33-22-27-20(25-15-5-3-2-4-6-15)26-21(28-22)29-9-11-32-12-10-29/h2-8,13H,9-12,14H2,1H3,(H,24,30)(H,25,26,27,28). The minimum atomic E-state index is -0.202. The third-order valence-electron chi connectivity index (χ3n) is 4.69. The Morgan fingerprint density at radius 2 is 1.91 bits per heavy atom. The first-order valence-electron chi connectivity index (χ1n) is 10.3. The van der Waals surface area contributed by atoms with Gasteiger partial charge in [-0.15, -0.1) is 0 Å².